The van der Waals surface area contributed by atoms with Gasteiger partial charge >= 0.3 is 0 Å². The summed E-state index contributed by atoms with van der Waals surface area (Å²) in [7, 11) is 0. The SMILES string of the molecule is Cc1ccc(-c2ccc(C3CNC3)cc2)cc1.Cl. The fraction of sp³-hybridized carbons (Fsp3) is 0.250. The van der Waals surface area contributed by atoms with E-state index < -0.39 is 0 Å². The van der Waals surface area contributed by atoms with Crippen molar-refractivity contribution in [2.45, 2.75) is 12.8 Å². The summed E-state index contributed by atoms with van der Waals surface area (Å²) in [4.78, 5) is 0. The van der Waals surface area contributed by atoms with Crippen molar-refractivity contribution in [2.75, 3.05) is 13.1 Å². The third-order valence-corrected chi connectivity index (χ3v) is 3.55. The molecule has 0 radical (unpaired) electrons. The normalized spacial score (nSPS) is 14.7. The van der Waals surface area contributed by atoms with Gasteiger partial charge in [0.2, 0.25) is 0 Å². The summed E-state index contributed by atoms with van der Waals surface area (Å²) >= 11 is 0. The van der Waals surface area contributed by atoms with Crippen LogP contribution in [0.3, 0.4) is 0 Å². The van der Waals surface area contributed by atoms with Crippen molar-refractivity contribution in [2.24, 2.45) is 0 Å². The molecule has 94 valence electrons. The van der Waals surface area contributed by atoms with E-state index in [1.54, 1.807) is 0 Å². The number of benzene rings is 2. The van der Waals surface area contributed by atoms with Gasteiger partial charge in [-0.2, -0.15) is 0 Å². The Morgan fingerprint density at radius 1 is 0.833 bits per heavy atom. The molecule has 0 unspecified atom stereocenters. The van der Waals surface area contributed by atoms with E-state index in [4.69, 9.17) is 0 Å². The smallest absolute Gasteiger partial charge is 0.00885 e. The number of aryl methyl sites for hydroxylation is 1. The topological polar surface area (TPSA) is 12.0 Å². The lowest BCUT2D eigenvalue weighted by Crippen LogP contribution is -2.39. The molecule has 0 bridgehead atoms. The standard InChI is InChI=1S/C16H17N.ClH/c1-12-2-4-13(5-3-12)14-6-8-15(9-7-14)16-10-17-11-16;/h2-9,16-17H,10-11H2,1H3;1H. The third-order valence-electron chi connectivity index (χ3n) is 3.55. The average Bonchev–Trinajstić information content (AvgIpc) is 2.29. The van der Waals surface area contributed by atoms with Crippen molar-refractivity contribution < 1.29 is 0 Å². The molecule has 0 spiro atoms. The van der Waals surface area contributed by atoms with Gasteiger partial charge in [-0.05, 0) is 23.6 Å². The Labute approximate surface area is 115 Å². The largest absolute Gasteiger partial charge is 0.315 e. The van der Waals surface area contributed by atoms with Crippen LogP contribution in [0.15, 0.2) is 48.5 Å². The first kappa shape index (κ1) is 13.1. The van der Waals surface area contributed by atoms with E-state index in [9.17, 15) is 0 Å². The highest BCUT2D eigenvalue weighted by Gasteiger charge is 2.18. The van der Waals surface area contributed by atoms with Gasteiger partial charge in [0.15, 0.2) is 0 Å². The van der Waals surface area contributed by atoms with Crippen LogP contribution in [-0.2, 0) is 0 Å². The molecule has 3 rings (SSSR count). The molecule has 0 aromatic heterocycles. The summed E-state index contributed by atoms with van der Waals surface area (Å²) in [5.41, 5.74) is 5.38. The zero-order valence-electron chi connectivity index (χ0n) is 10.5. The van der Waals surface area contributed by atoms with Crippen LogP contribution in [-0.4, -0.2) is 13.1 Å². The van der Waals surface area contributed by atoms with Crippen molar-refractivity contribution in [3.63, 3.8) is 0 Å². The van der Waals surface area contributed by atoms with Gasteiger partial charge in [-0.1, -0.05) is 54.1 Å². The van der Waals surface area contributed by atoms with Gasteiger partial charge in [-0.25, -0.2) is 0 Å². The van der Waals surface area contributed by atoms with Gasteiger partial charge < -0.3 is 5.32 Å². The molecular weight excluding hydrogens is 242 g/mol. The van der Waals surface area contributed by atoms with Crippen molar-refractivity contribution in [1.29, 1.82) is 0 Å². The van der Waals surface area contributed by atoms with Gasteiger partial charge in [0.1, 0.15) is 0 Å². The van der Waals surface area contributed by atoms with Crippen molar-refractivity contribution in [3.8, 4) is 11.1 Å². The molecule has 2 heteroatoms. The predicted octanol–water partition coefficient (Wildman–Crippen LogP) is 3.77. The first-order valence-corrected chi connectivity index (χ1v) is 6.21. The molecule has 1 nitrogen and oxygen atoms in total. The molecule has 1 heterocycles. The summed E-state index contributed by atoms with van der Waals surface area (Å²) in [5, 5.41) is 3.31. The van der Waals surface area contributed by atoms with E-state index in [0.29, 0.717) is 0 Å². The highest BCUT2D eigenvalue weighted by atomic mass is 35.5. The zero-order valence-corrected chi connectivity index (χ0v) is 11.3. The van der Waals surface area contributed by atoms with Crippen LogP contribution in [0.2, 0.25) is 0 Å². The van der Waals surface area contributed by atoms with E-state index in [2.05, 4.69) is 60.8 Å². The Bertz CT molecular complexity index is 498. The third kappa shape index (κ3) is 2.58. The fourth-order valence-corrected chi connectivity index (χ4v) is 2.22. The summed E-state index contributed by atoms with van der Waals surface area (Å²) in [6, 6.07) is 17.7. The van der Waals surface area contributed by atoms with Crippen LogP contribution in [0.1, 0.15) is 17.0 Å². The molecule has 2 aromatic carbocycles. The molecule has 0 aliphatic carbocycles. The monoisotopic (exact) mass is 259 g/mol. The van der Waals surface area contributed by atoms with E-state index in [0.717, 1.165) is 19.0 Å². The fourth-order valence-electron chi connectivity index (χ4n) is 2.22. The summed E-state index contributed by atoms with van der Waals surface area (Å²) in [6.07, 6.45) is 0. The Balaban J connectivity index is 0.00000120. The van der Waals surface area contributed by atoms with Crippen LogP contribution in [0.4, 0.5) is 0 Å². The Kier molecular flexibility index (Phi) is 4.05. The number of nitrogens with one attached hydrogen (secondary N) is 1. The minimum Gasteiger partial charge on any atom is -0.315 e. The lowest BCUT2D eigenvalue weighted by Gasteiger charge is -2.27. The summed E-state index contributed by atoms with van der Waals surface area (Å²) in [5.74, 6) is 0.724. The number of hydrogen-bond donors (Lipinski definition) is 1. The maximum absolute atomic E-state index is 3.31. The van der Waals surface area contributed by atoms with E-state index in [1.807, 2.05) is 0 Å². The van der Waals surface area contributed by atoms with Crippen molar-refractivity contribution >= 4 is 12.4 Å². The first-order valence-electron chi connectivity index (χ1n) is 6.21. The quantitative estimate of drug-likeness (QED) is 0.866. The van der Waals surface area contributed by atoms with Gasteiger partial charge in [-0.15, -0.1) is 12.4 Å². The van der Waals surface area contributed by atoms with Crippen LogP contribution < -0.4 is 5.32 Å². The second kappa shape index (κ2) is 5.55. The lowest BCUT2D eigenvalue weighted by molar-refractivity contribution is 0.448. The first-order chi connectivity index (χ1) is 8.33. The van der Waals surface area contributed by atoms with Crippen LogP contribution in [0, 0.1) is 6.92 Å². The number of hydrogen-bond acceptors (Lipinski definition) is 1. The minimum absolute atomic E-state index is 0. The summed E-state index contributed by atoms with van der Waals surface area (Å²) in [6.45, 7) is 4.38. The highest BCUT2D eigenvalue weighted by Crippen LogP contribution is 2.24. The maximum atomic E-state index is 3.31. The van der Waals surface area contributed by atoms with Crippen LogP contribution >= 0.6 is 12.4 Å². The molecule has 1 saturated heterocycles. The van der Waals surface area contributed by atoms with Gasteiger partial charge in [0, 0.05) is 19.0 Å². The molecule has 0 amide bonds. The Morgan fingerprint density at radius 2 is 1.33 bits per heavy atom. The number of halogens is 1. The molecule has 1 fully saturated rings. The van der Waals surface area contributed by atoms with Crippen molar-refractivity contribution in [1.82, 2.24) is 5.32 Å². The van der Waals surface area contributed by atoms with Gasteiger partial charge in [0.25, 0.3) is 0 Å². The second-order valence-electron chi connectivity index (χ2n) is 4.84. The number of rotatable bonds is 2. The van der Waals surface area contributed by atoms with Crippen molar-refractivity contribution in [3.05, 3.63) is 59.7 Å². The minimum atomic E-state index is 0. The molecule has 0 saturated carbocycles. The molecule has 0 atom stereocenters. The Morgan fingerprint density at radius 3 is 1.78 bits per heavy atom. The maximum Gasteiger partial charge on any atom is 0.00885 e. The zero-order chi connectivity index (χ0) is 11.7. The molecule has 18 heavy (non-hydrogen) atoms. The Hall–Kier alpha value is -1.31. The second-order valence-corrected chi connectivity index (χ2v) is 4.84. The molecule has 2 aromatic rings. The summed E-state index contributed by atoms with van der Waals surface area (Å²) < 4.78 is 0. The van der Waals surface area contributed by atoms with E-state index in [-0.39, 0.29) is 12.4 Å². The molecular formula is C16H18ClN. The average molecular weight is 260 g/mol. The van der Waals surface area contributed by atoms with E-state index in [1.165, 1.54) is 22.3 Å². The van der Waals surface area contributed by atoms with Gasteiger partial charge in [0.05, 0.1) is 0 Å². The molecule has 1 N–H and O–H groups in total. The van der Waals surface area contributed by atoms with Gasteiger partial charge in [-0.3, -0.25) is 0 Å². The highest BCUT2D eigenvalue weighted by molar-refractivity contribution is 5.85. The van der Waals surface area contributed by atoms with Crippen LogP contribution in [0.5, 0.6) is 0 Å². The van der Waals surface area contributed by atoms with E-state index >= 15 is 0 Å². The predicted molar refractivity (Wildman–Crippen MR) is 79.5 cm³/mol. The molecule has 1 aliphatic heterocycles. The lowest BCUT2D eigenvalue weighted by atomic mass is 9.92. The molecule has 1 aliphatic rings. The van der Waals surface area contributed by atoms with Crippen LogP contribution in [0.25, 0.3) is 11.1 Å².